The molecule has 17 heavy (non-hydrogen) atoms. The molecule has 0 bridgehead atoms. The van der Waals surface area contributed by atoms with Gasteiger partial charge < -0.3 is 9.77 Å². The molecule has 1 aliphatic rings. The second kappa shape index (κ2) is 3.90. The molecule has 0 aliphatic carbocycles. The summed E-state index contributed by atoms with van der Waals surface area (Å²) in [4.78, 5) is 13.0. The molecule has 0 aromatic carbocycles. The van der Waals surface area contributed by atoms with Gasteiger partial charge in [0.15, 0.2) is 11.6 Å². The molecule has 0 saturated heterocycles. The predicted octanol–water partition coefficient (Wildman–Crippen LogP) is 1.06. The Morgan fingerprint density at radius 3 is 2.76 bits per heavy atom. The van der Waals surface area contributed by atoms with Gasteiger partial charge in [-0.2, -0.15) is 5.06 Å². The van der Waals surface area contributed by atoms with Gasteiger partial charge in [0.05, 0.1) is 24.5 Å². The number of hydrogen-bond donors (Lipinski definition) is 1. The third-order valence-corrected chi connectivity index (χ3v) is 2.90. The Hall–Kier alpha value is -1.79. The molecule has 6 heteroatoms. The summed E-state index contributed by atoms with van der Waals surface area (Å²) in [6.45, 7) is 3.84. The second-order valence-corrected chi connectivity index (χ2v) is 3.97. The first-order chi connectivity index (χ1) is 8.29. The van der Waals surface area contributed by atoms with Crippen molar-refractivity contribution in [3.63, 3.8) is 0 Å². The lowest BCUT2D eigenvalue weighted by molar-refractivity contribution is -0.0985. The van der Waals surface area contributed by atoms with Gasteiger partial charge in [-0.3, -0.25) is 0 Å². The van der Waals surface area contributed by atoms with E-state index in [9.17, 15) is 5.21 Å². The van der Waals surface area contributed by atoms with Crippen molar-refractivity contribution in [2.45, 2.75) is 26.6 Å². The maximum atomic E-state index is 9.47. The molecule has 6 nitrogen and oxygen atoms in total. The van der Waals surface area contributed by atoms with E-state index in [4.69, 9.17) is 0 Å². The van der Waals surface area contributed by atoms with Gasteiger partial charge in [0, 0.05) is 18.9 Å². The van der Waals surface area contributed by atoms with Crippen molar-refractivity contribution in [3.8, 4) is 11.6 Å². The van der Waals surface area contributed by atoms with Gasteiger partial charge in [0.1, 0.15) is 0 Å². The first kappa shape index (κ1) is 10.4. The molecule has 2 aromatic heterocycles. The Bertz CT molecular complexity index is 536. The van der Waals surface area contributed by atoms with Gasteiger partial charge in [-0.25, -0.2) is 15.0 Å². The SMILES string of the molecule is CCn1c(-c2ncccn2)nc2c1CN(O)C2. The average Bonchev–Trinajstić information content (AvgIpc) is 2.85. The van der Waals surface area contributed by atoms with Crippen LogP contribution in [0.2, 0.25) is 0 Å². The fraction of sp³-hybridized carbons (Fsp3) is 0.364. The zero-order valence-corrected chi connectivity index (χ0v) is 9.54. The number of imidazole rings is 1. The molecular formula is C11H13N5O. The van der Waals surface area contributed by atoms with Gasteiger partial charge in [0.25, 0.3) is 0 Å². The van der Waals surface area contributed by atoms with E-state index in [0.717, 1.165) is 23.8 Å². The van der Waals surface area contributed by atoms with Crippen molar-refractivity contribution in [2.24, 2.45) is 0 Å². The van der Waals surface area contributed by atoms with E-state index in [0.29, 0.717) is 18.9 Å². The molecule has 3 heterocycles. The lowest BCUT2D eigenvalue weighted by atomic mass is 10.4. The summed E-state index contributed by atoms with van der Waals surface area (Å²) in [7, 11) is 0. The molecule has 0 spiro atoms. The van der Waals surface area contributed by atoms with Crippen LogP contribution >= 0.6 is 0 Å². The minimum atomic E-state index is 0.474. The van der Waals surface area contributed by atoms with Crippen LogP contribution < -0.4 is 0 Å². The molecular weight excluding hydrogens is 218 g/mol. The van der Waals surface area contributed by atoms with Crippen LogP contribution in [0.3, 0.4) is 0 Å². The van der Waals surface area contributed by atoms with E-state index >= 15 is 0 Å². The quantitative estimate of drug-likeness (QED) is 0.837. The van der Waals surface area contributed by atoms with Crippen LogP contribution in [0.5, 0.6) is 0 Å². The average molecular weight is 231 g/mol. The number of aromatic nitrogens is 4. The molecule has 3 rings (SSSR count). The molecule has 0 atom stereocenters. The van der Waals surface area contributed by atoms with Gasteiger partial charge in [-0.05, 0) is 13.0 Å². The first-order valence-corrected chi connectivity index (χ1v) is 5.59. The molecule has 0 amide bonds. The molecule has 0 radical (unpaired) electrons. The van der Waals surface area contributed by atoms with Crippen molar-refractivity contribution in [2.75, 3.05) is 0 Å². The zero-order valence-electron chi connectivity index (χ0n) is 9.54. The van der Waals surface area contributed by atoms with Crippen LogP contribution in [-0.2, 0) is 19.6 Å². The van der Waals surface area contributed by atoms with Gasteiger partial charge in [0.2, 0.25) is 0 Å². The molecule has 1 N–H and O–H groups in total. The number of hydroxylamine groups is 2. The number of nitrogens with zero attached hydrogens (tertiary/aromatic N) is 5. The highest BCUT2D eigenvalue weighted by molar-refractivity contribution is 5.47. The van der Waals surface area contributed by atoms with Crippen molar-refractivity contribution < 1.29 is 5.21 Å². The van der Waals surface area contributed by atoms with E-state index < -0.39 is 0 Å². The Balaban J connectivity index is 2.11. The highest BCUT2D eigenvalue weighted by Crippen LogP contribution is 2.26. The van der Waals surface area contributed by atoms with E-state index in [1.165, 1.54) is 5.06 Å². The standard InChI is InChI=1S/C11H13N5O/c1-2-16-9-7-15(17)6-8(9)14-11(16)10-12-4-3-5-13-10/h3-5,17H,2,6-7H2,1H3. The van der Waals surface area contributed by atoms with Crippen LogP contribution in [0, 0.1) is 0 Å². The van der Waals surface area contributed by atoms with Crippen molar-refractivity contribution in [3.05, 3.63) is 29.8 Å². The summed E-state index contributed by atoms with van der Waals surface area (Å²) in [5, 5.41) is 10.7. The summed E-state index contributed by atoms with van der Waals surface area (Å²) in [5.41, 5.74) is 1.97. The third kappa shape index (κ3) is 1.62. The van der Waals surface area contributed by atoms with E-state index in [-0.39, 0.29) is 0 Å². The maximum Gasteiger partial charge on any atom is 0.195 e. The fourth-order valence-electron chi connectivity index (χ4n) is 2.17. The lowest BCUT2D eigenvalue weighted by Crippen LogP contribution is -2.13. The number of hydrogen-bond acceptors (Lipinski definition) is 5. The molecule has 0 fully saturated rings. The van der Waals surface area contributed by atoms with Crippen LogP contribution in [0.1, 0.15) is 18.3 Å². The van der Waals surface area contributed by atoms with Crippen molar-refractivity contribution in [1.29, 1.82) is 0 Å². The first-order valence-electron chi connectivity index (χ1n) is 5.59. The van der Waals surface area contributed by atoms with Crippen LogP contribution in [-0.4, -0.2) is 29.8 Å². The van der Waals surface area contributed by atoms with Gasteiger partial charge in [-0.1, -0.05) is 0 Å². The molecule has 0 saturated carbocycles. The smallest absolute Gasteiger partial charge is 0.195 e. The predicted molar refractivity (Wildman–Crippen MR) is 60.0 cm³/mol. The van der Waals surface area contributed by atoms with Crippen molar-refractivity contribution >= 4 is 0 Å². The fourth-order valence-corrected chi connectivity index (χ4v) is 2.17. The van der Waals surface area contributed by atoms with Crippen LogP contribution in [0.25, 0.3) is 11.6 Å². The number of rotatable bonds is 2. The Labute approximate surface area is 98.5 Å². The largest absolute Gasteiger partial charge is 0.324 e. The van der Waals surface area contributed by atoms with E-state index in [2.05, 4.69) is 26.4 Å². The topological polar surface area (TPSA) is 67.1 Å². The summed E-state index contributed by atoms with van der Waals surface area (Å²) in [5.74, 6) is 1.42. The Kier molecular flexibility index (Phi) is 2.38. The maximum absolute atomic E-state index is 9.47. The normalized spacial score (nSPS) is 15.2. The highest BCUT2D eigenvalue weighted by atomic mass is 16.5. The molecule has 88 valence electrons. The van der Waals surface area contributed by atoms with E-state index in [1.54, 1.807) is 18.5 Å². The Morgan fingerprint density at radius 1 is 1.29 bits per heavy atom. The van der Waals surface area contributed by atoms with Gasteiger partial charge >= 0.3 is 0 Å². The summed E-state index contributed by atoms with van der Waals surface area (Å²) in [6, 6.07) is 1.78. The number of fused-ring (bicyclic) bond motifs is 1. The van der Waals surface area contributed by atoms with Gasteiger partial charge in [-0.15, -0.1) is 0 Å². The molecule has 1 aliphatic heterocycles. The molecule has 2 aromatic rings. The third-order valence-electron chi connectivity index (χ3n) is 2.90. The lowest BCUT2D eigenvalue weighted by Gasteiger charge is -2.09. The Morgan fingerprint density at radius 2 is 2.06 bits per heavy atom. The minimum Gasteiger partial charge on any atom is -0.324 e. The van der Waals surface area contributed by atoms with Crippen LogP contribution in [0.15, 0.2) is 18.5 Å². The van der Waals surface area contributed by atoms with E-state index in [1.807, 2.05) is 0 Å². The molecule has 0 unspecified atom stereocenters. The zero-order chi connectivity index (χ0) is 11.8. The summed E-state index contributed by atoms with van der Waals surface area (Å²) in [6.07, 6.45) is 3.42. The van der Waals surface area contributed by atoms with Crippen molar-refractivity contribution in [1.82, 2.24) is 24.6 Å². The second-order valence-electron chi connectivity index (χ2n) is 3.97. The minimum absolute atomic E-state index is 0.474. The summed E-state index contributed by atoms with van der Waals surface area (Å²) < 4.78 is 2.06. The van der Waals surface area contributed by atoms with Crippen LogP contribution in [0.4, 0.5) is 0 Å². The summed E-state index contributed by atoms with van der Waals surface area (Å²) >= 11 is 0. The highest BCUT2D eigenvalue weighted by Gasteiger charge is 2.26. The monoisotopic (exact) mass is 231 g/mol.